The van der Waals surface area contributed by atoms with Gasteiger partial charge in [0.1, 0.15) is 5.82 Å². The molecular formula is C29H27F5O2. The maximum atomic E-state index is 14.8. The van der Waals surface area contributed by atoms with Gasteiger partial charge in [-0.3, -0.25) is 0 Å². The lowest BCUT2D eigenvalue weighted by Crippen LogP contribution is -2.23. The van der Waals surface area contributed by atoms with E-state index in [9.17, 15) is 22.0 Å². The van der Waals surface area contributed by atoms with Crippen LogP contribution >= 0.6 is 0 Å². The fraction of sp³-hybridized carbons (Fsp3) is 0.310. The second-order valence-corrected chi connectivity index (χ2v) is 8.81. The van der Waals surface area contributed by atoms with Crippen molar-refractivity contribution in [3.05, 3.63) is 101 Å². The predicted molar refractivity (Wildman–Crippen MR) is 129 cm³/mol. The molecule has 0 bridgehead atoms. The number of aryl methyl sites for hydroxylation is 2. The van der Waals surface area contributed by atoms with Crippen molar-refractivity contribution in [1.82, 2.24) is 0 Å². The van der Waals surface area contributed by atoms with Crippen LogP contribution in [-0.2, 0) is 17.6 Å². The first-order chi connectivity index (χ1) is 17.3. The highest BCUT2D eigenvalue weighted by molar-refractivity contribution is 5.66. The van der Waals surface area contributed by atoms with Gasteiger partial charge in [0.25, 0.3) is 0 Å². The van der Waals surface area contributed by atoms with E-state index in [1.54, 1.807) is 25.1 Å². The van der Waals surface area contributed by atoms with Crippen LogP contribution < -0.4 is 4.74 Å². The van der Waals surface area contributed by atoms with Crippen LogP contribution in [0.3, 0.4) is 0 Å². The number of benzene rings is 3. The molecule has 7 heteroatoms. The van der Waals surface area contributed by atoms with Gasteiger partial charge < -0.3 is 9.47 Å². The highest BCUT2D eigenvalue weighted by Gasteiger charge is 2.24. The van der Waals surface area contributed by atoms with Crippen molar-refractivity contribution >= 4 is 0 Å². The topological polar surface area (TPSA) is 18.5 Å². The average Bonchev–Trinajstić information content (AvgIpc) is 2.88. The summed E-state index contributed by atoms with van der Waals surface area (Å²) in [7, 11) is 0. The highest BCUT2D eigenvalue weighted by atomic mass is 19.2. The number of hydrogen-bond donors (Lipinski definition) is 0. The van der Waals surface area contributed by atoms with Gasteiger partial charge in [0.2, 0.25) is 5.82 Å². The molecule has 1 heterocycles. The molecule has 1 aliphatic heterocycles. The second-order valence-electron chi connectivity index (χ2n) is 8.81. The van der Waals surface area contributed by atoms with Crippen LogP contribution in [0.4, 0.5) is 22.0 Å². The summed E-state index contributed by atoms with van der Waals surface area (Å²) in [5.74, 6) is -5.68. The minimum atomic E-state index is -1.31. The zero-order valence-electron chi connectivity index (χ0n) is 19.9. The molecule has 0 radical (unpaired) electrons. The maximum absolute atomic E-state index is 14.8. The molecule has 2 nitrogen and oxygen atoms in total. The molecular weight excluding hydrogens is 475 g/mol. The summed E-state index contributed by atoms with van der Waals surface area (Å²) < 4.78 is 83.8. The molecule has 3 aromatic rings. The molecule has 0 amide bonds. The molecule has 3 aromatic carbocycles. The van der Waals surface area contributed by atoms with Gasteiger partial charge in [-0.15, -0.1) is 6.58 Å². The van der Waals surface area contributed by atoms with E-state index in [2.05, 4.69) is 6.58 Å². The van der Waals surface area contributed by atoms with Crippen LogP contribution in [0.15, 0.2) is 55.1 Å². The maximum Gasteiger partial charge on any atom is 0.201 e. The smallest absolute Gasteiger partial charge is 0.201 e. The van der Waals surface area contributed by atoms with Crippen molar-refractivity contribution in [2.75, 3.05) is 13.2 Å². The highest BCUT2D eigenvalue weighted by Crippen LogP contribution is 2.34. The molecule has 1 aliphatic rings. The van der Waals surface area contributed by atoms with Gasteiger partial charge in [-0.1, -0.05) is 30.3 Å². The molecule has 4 rings (SSSR count). The fourth-order valence-corrected chi connectivity index (χ4v) is 4.54. The van der Waals surface area contributed by atoms with Gasteiger partial charge in [-0.25, -0.2) is 17.6 Å². The summed E-state index contributed by atoms with van der Waals surface area (Å²) in [4.78, 5) is 0. The van der Waals surface area contributed by atoms with Crippen LogP contribution in [-0.4, -0.2) is 19.3 Å². The Morgan fingerprint density at radius 3 is 2.25 bits per heavy atom. The van der Waals surface area contributed by atoms with E-state index in [1.807, 2.05) is 0 Å². The van der Waals surface area contributed by atoms with E-state index in [-0.39, 0.29) is 54.2 Å². The second kappa shape index (κ2) is 11.2. The molecule has 1 fully saturated rings. The summed E-state index contributed by atoms with van der Waals surface area (Å²) in [6.07, 6.45) is 3.70. The molecule has 0 aliphatic carbocycles. The zero-order valence-corrected chi connectivity index (χ0v) is 19.9. The zero-order chi connectivity index (χ0) is 25.8. The Bertz CT molecular complexity index is 1250. The van der Waals surface area contributed by atoms with Gasteiger partial charge in [-0.05, 0) is 67.5 Å². The first-order valence-electron chi connectivity index (χ1n) is 11.9. The summed E-state index contributed by atoms with van der Waals surface area (Å²) >= 11 is 0. The monoisotopic (exact) mass is 502 g/mol. The van der Waals surface area contributed by atoms with E-state index in [0.29, 0.717) is 17.7 Å². The van der Waals surface area contributed by atoms with E-state index in [4.69, 9.17) is 9.47 Å². The van der Waals surface area contributed by atoms with Crippen molar-refractivity contribution < 1.29 is 31.4 Å². The lowest BCUT2D eigenvalue weighted by atomic mass is 9.90. The van der Waals surface area contributed by atoms with Crippen LogP contribution in [0.25, 0.3) is 11.1 Å². The minimum Gasteiger partial charge on any atom is -0.491 e. The first kappa shape index (κ1) is 25.9. The molecule has 2 atom stereocenters. The third-order valence-electron chi connectivity index (χ3n) is 6.56. The van der Waals surface area contributed by atoms with Gasteiger partial charge in [0.15, 0.2) is 23.2 Å². The molecule has 190 valence electrons. The van der Waals surface area contributed by atoms with Crippen molar-refractivity contribution in [2.45, 2.75) is 44.6 Å². The van der Waals surface area contributed by atoms with Crippen molar-refractivity contribution in [3.8, 4) is 16.9 Å². The lowest BCUT2D eigenvalue weighted by Gasteiger charge is -2.27. The molecule has 2 unspecified atom stereocenters. The Hall–Kier alpha value is -3.19. The number of ether oxygens (including phenoxy) is 2. The van der Waals surface area contributed by atoms with E-state index in [1.165, 1.54) is 24.3 Å². The van der Waals surface area contributed by atoms with Crippen LogP contribution in [0, 0.1) is 29.1 Å². The fourth-order valence-electron chi connectivity index (χ4n) is 4.54. The average molecular weight is 503 g/mol. The summed E-state index contributed by atoms with van der Waals surface area (Å²) in [5, 5.41) is 0. The van der Waals surface area contributed by atoms with Gasteiger partial charge >= 0.3 is 0 Å². The molecule has 1 saturated heterocycles. The van der Waals surface area contributed by atoms with Crippen LogP contribution in [0.5, 0.6) is 5.75 Å². The third-order valence-corrected chi connectivity index (χ3v) is 6.56. The van der Waals surface area contributed by atoms with Gasteiger partial charge in [-0.2, -0.15) is 4.39 Å². The summed E-state index contributed by atoms with van der Waals surface area (Å²) in [6, 6.07) is 9.79. The van der Waals surface area contributed by atoms with Crippen LogP contribution in [0.2, 0.25) is 0 Å². The summed E-state index contributed by atoms with van der Waals surface area (Å²) in [5.41, 5.74) is 0.485. The Balaban J connectivity index is 1.48. The Kier molecular flexibility index (Phi) is 8.09. The summed E-state index contributed by atoms with van der Waals surface area (Å²) in [6.45, 7) is 5.89. The van der Waals surface area contributed by atoms with E-state index < -0.39 is 28.8 Å². The van der Waals surface area contributed by atoms with Gasteiger partial charge in [0, 0.05) is 17.0 Å². The van der Waals surface area contributed by atoms with Gasteiger partial charge in [0.05, 0.1) is 19.3 Å². The normalized spacial score (nSPS) is 17.7. The molecule has 0 aromatic heterocycles. The number of rotatable bonds is 8. The molecule has 0 saturated carbocycles. The third kappa shape index (κ3) is 5.31. The minimum absolute atomic E-state index is 0.00443. The first-order valence-corrected chi connectivity index (χ1v) is 11.9. The van der Waals surface area contributed by atoms with Crippen molar-refractivity contribution in [3.63, 3.8) is 0 Å². The van der Waals surface area contributed by atoms with E-state index in [0.717, 1.165) is 18.9 Å². The standard InChI is InChI=1S/C29H27F5O2/c1-3-20-10-8-19(16-36-20)21-11-6-17(15-24(21)30)5-7-18-9-12-22(27(32)26(18)31)23-13-14-25(35-4-2)29(34)28(23)33/h3,6,9,11-15,19-20H,1,4-5,7-8,10,16H2,2H3. The lowest BCUT2D eigenvalue weighted by molar-refractivity contribution is 0.0321. The van der Waals surface area contributed by atoms with Crippen molar-refractivity contribution in [1.29, 1.82) is 0 Å². The van der Waals surface area contributed by atoms with E-state index >= 15 is 0 Å². The van der Waals surface area contributed by atoms with Crippen molar-refractivity contribution in [2.24, 2.45) is 0 Å². The Morgan fingerprint density at radius 2 is 1.61 bits per heavy atom. The Labute approximate surface area is 207 Å². The molecule has 0 spiro atoms. The molecule has 36 heavy (non-hydrogen) atoms. The number of halogens is 5. The van der Waals surface area contributed by atoms with Crippen LogP contribution in [0.1, 0.15) is 42.4 Å². The predicted octanol–water partition coefficient (Wildman–Crippen LogP) is 7.68. The Morgan fingerprint density at radius 1 is 0.889 bits per heavy atom. The molecule has 0 N–H and O–H groups in total. The quantitative estimate of drug-likeness (QED) is 0.232. The largest absolute Gasteiger partial charge is 0.491 e. The number of hydrogen-bond acceptors (Lipinski definition) is 2. The SMILES string of the molecule is C=CC1CCC(c2ccc(CCc3ccc(-c4ccc(OCC)c(F)c4F)c(F)c3F)cc2F)CO1.